The summed E-state index contributed by atoms with van der Waals surface area (Å²) >= 11 is 0. The van der Waals surface area contributed by atoms with Crippen molar-refractivity contribution in [2.24, 2.45) is 23.5 Å². The third kappa shape index (κ3) is 3.14. The first-order valence-corrected chi connectivity index (χ1v) is 8.75. The second kappa shape index (κ2) is 6.60. The van der Waals surface area contributed by atoms with Gasteiger partial charge in [-0.3, -0.25) is 4.79 Å². The maximum Gasteiger partial charge on any atom is 0.225 e. The van der Waals surface area contributed by atoms with Gasteiger partial charge in [-0.2, -0.15) is 0 Å². The minimum atomic E-state index is -0.251. The topological polar surface area (TPSA) is 46.3 Å². The van der Waals surface area contributed by atoms with Crippen LogP contribution in [-0.4, -0.2) is 23.9 Å². The Balaban J connectivity index is 1.71. The molecule has 0 saturated heterocycles. The molecule has 1 aromatic carbocycles. The molecule has 2 saturated carbocycles. The standard InChI is InChI=1S/C19H27FN2O/c1-12(16-8-3-4-9-17(16)20)22(2)19(23)15-10-13-6-5-7-14(11-15)18(13)21/h3-4,8-9,12-15,18H,5-7,10-11,21H2,1-2H3. The van der Waals surface area contributed by atoms with E-state index in [1.54, 1.807) is 24.1 Å². The lowest BCUT2D eigenvalue weighted by molar-refractivity contribution is -0.139. The third-order valence-corrected chi connectivity index (χ3v) is 6.05. The molecule has 126 valence electrons. The fourth-order valence-electron chi connectivity index (χ4n) is 4.49. The van der Waals surface area contributed by atoms with E-state index in [1.165, 1.54) is 12.5 Å². The molecule has 3 atom stereocenters. The first-order valence-electron chi connectivity index (χ1n) is 8.75. The SMILES string of the molecule is CC(c1ccccc1F)N(C)C(=O)C1CC2CCCC(C1)C2N. The highest BCUT2D eigenvalue weighted by Gasteiger charge is 2.41. The predicted octanol–water partition coefficient (Wildman–Crippen LogP) is 3.50. The first kappa shape index (κ1) is 16.4. The molecule has 1 aromatic rings. The molecular weight excluding hydrogens is 291 g/mol. The van der Waals surface area contributed by atoms with Crippen LogP contribution in [0.25, 0.3) is 0 Å². The van der Waals surface area contributed by atoms with Crippen molar-refractivity contribution >= 4 is 5.91 Å². The molecule has 3 rings (SSSR count). The molecule has 23 heavy (non-hydrogen) atoms. The highest BCUT2D eigenvalue weighted by molar-refractivity contribution is 5.79. The Morgan fingerprint density at radius 3 is 2.48 bits per heavy atom. The number of benzene rings is 1. The van der Waals surface area contributed by atoms with Gasteiger partial charge in [0.25, 0.3) is 0 Å². The van der Waals surface area contributed by atoms with Crippen LogP contribution in [-0.2, 0) is 4.79 Å². The van der Waals surface area contributed by atoms with Crippen molar-refractivity contribution in [2.45, 2.75) is 51.1 Å². The molecule has 2 N–H and O–H groups in total. The van der Waals surface area contributed by atoms with Crippen LogP contribution in [0.3, 0.4) is 0 Å². The lowest BCUT2D eigenvalue weighted by Crippen LogP contribution is -2.49. The van der Waals surface area contributed by atoms with Gasteiger partial charge in [0.2, 0.25) is 5.91 Å². The second-order valence-electron chi connectivity index (χ2n) is 7.34. The fraction of sp³-hybridized carbons (Fsp3) is 0.632. The maximum atomic E-state index is 14.0. The van der Waals surface area contributed by atoms with Gasteiger partial charge in [0.05, 0.1) is 6.04 Å². The van der Waals surface area contributed by atoms with Crippen molar-refractivity contribution in [2.75, 3.05) is 7.05 Å². The van der Waals surface area contributed by atoms with Gasteiger partial charge < -0.3 is 10.6 Å². The summed E-state index contributed by atoms with van der Waals surface area (Å²) < 4.78 is 14.0. The normalized spacial score (nSPS) is 31.5. The number of rotatable bonds is 3. The molecule has 0 spiro atoms. The van der Waals surface area contributed by atoms with Gasteiger partial charge in [0.15, 0.2) is 0 Å². The number of amides is 1. The minimum Gasteiger partial charge on any atom is -0.339 e. The number of carbonyl (C=O) groups excluding carboxylic acids is 1. The van der Waals surface area contributed by atoms with Crippen molar-refractivity contribution in [1.29, 1.82) is 0 Å². The molecule has 0 heterocycles. The van der Waals surface area contributed by atoms with Crippen molar-refractivity contribution in [3.63, 3.8) is 0 Å². The monoisotopic (exact) mass is 318 g/mol. The van der Waals surface area contributed by atoms with Crippen molar-refractivity contribution in [1.82, 2.24) is 4.90 Å². The predicted molar refractivity (Wildman–Crippen MR) is 89.1 cm³/mol. The summed E-state index contributed by atoms with van der Waals surface area (Å²) in [4.78, 5) is 14.6. The first-order chi connectivity index (χ1) is 11.0. The van der Waals surface area contributed by atoms with Crippen LogP contribution >= 0.6 is 0 Å². The van der Waals surface area contributed by atoms with E-state index in [0.717, 1.165) is 25.7 Å². The van der Waals surface area contributed by atoms with Crippen LogP contribution in [0.1, 0.15) is 50.6 Å². The molecule has 3 unspecified atom stereocenters. The van der Waals surface area contributed by atoms with E-state index in [9.17, 15) is 9.18 Å². The largest absolute Gasteiger partial charge is 0.339 e. The molecule has 0 radical (unpaired) electrons. The van der Waals surface area contributed by atoms with E-state index >= 15 is 0 Å². The number of hydrogen-bond acceptors (Lipinski definition) is 2. The highest BCUT2D eigenvalue weighted by atomic mass is 19.1. The summed E-state index contributed by atoms with van der Waals surface area (Å²) in [5.41, 5.74) is 6.90. The van der Waals surface area contributed by atoms with E-state index in [2.05, 4.69) is 0 Å². The summed E-state index contributed by atoms with van der Waals surface area (Å²) in [6.07, 6.45) is 5.32. The Hall–Kier alpha value is -1.42. The molecule has 1 amide bonds. The van der Waals surface area contributed by atoms with Crippen molar-refractivity contribution in [3.8, 4) is 0 Å². The smallest absolute Gasteiger partial charge is 0.225 e. The summed E-state index contributed by atoms with van der Waals surface area (Å²) in [6, 6.07) is 6.72. The minimum absolute atomic E-state index is 0.0457. The van der Waals surface area contributed by atoms with Gasteiger partial charge in [-0.15, -0.1) is 0 Å². The van der Waals surface area contributed by atoms with Gasteiger partial charge in [-0.1, -0.05) is 24.6 Å². The van der Waals surface area contributed by atoms with Gasteiger partial charge >= 0.3 is 0 Å². The number of halogens is 1. The van der Waals surface area contributed by atoms with E-state index in [1.807, 2.05) is 13.0 Å². The quantitative estimate of drug-likeness (QED) is 0.927. The number of hydrogen-bond donors (Lipinski definition) is 1. The van der Waals surface area contributed by atoms with E-state index in [0.29, 0.717) is 17.4 Å². The van der Waals surface area contributed by atoms with E-state index in [-0.39, 0.29) is 29.7 Å². The van der Waals surface area contributed by atoms with Crippen LogP contribution < -0.4 is 5.73 Å². The number of nitrogens with two attached hydrogens (primary N) is 1. The Bertz CT molecular complexity index is 562. The molecule has 2 aliphatic rings. The van der Waals surface area contributed by atoms with Crippen LogP contribution in [0, 0.1) is 23.6 Å². The maximum absolute atomic E-state index is 14.0. The molecule has 2 bridgehead atoms. The fourth-order valence-corrected chi connectivity index (χ4v) is 4.49. The number of fused-ring (bicyclic) bond motifs is 2. The molecule has 0 aliphatic heterocycles. The molecule has 4 heteroatoms. The Kier molecular flexibility index (Phi) is 4.72. The average molecular weight is 318 g/mol. The summed E-state index contributed by atoms with van der Waals surface area (Å²) in [5, 5.41) is 0. The molecular formula is C19H27FN2O. The van der Waals surface area contributed by atoms with Gasteiger partial charge in [0.1, 0.15) is 5.82 Å². The average Bonchev–Trinajstić information content (AvgIpc) is 2.53. The zero-order chi connectivity index (χ0) is 16.6. The van der Waals surface area contributed by atoms with Crippen LogP contribution in [0.2, 0.25) is 0 Å². The number of carbonyl (C=O) groups is 1. The van der Waals surface area contributed by atoms with E-state index in [4.69, 9.17) is 5.73 Å². The second-order valence-corrected chi connectivity index (χ2v) is 7.34. The Morgan fingerprint density at radius 2 is 1.87 bits per heavy atom. The third-order valence-electron chi connectivity index (χ3n) is 6.05. The van der Waals surface area contributed by atoms with Crippen LogP contribution in [0.4, 0.5) is 4.39 Å². The molecule has 3 nitrogen and oxygen atoms in total. The summed E-state index contributed by atoms with van der Waals surface area (Å²) in [5.74, 6) is 0.901. The zero-order valence-electron chi connectivity index (χ0n) is 14.0. The van der Waals surface area contributed by atoms with Crippen LogP contribution in [0.5, 0.6) is 0 Å². The molecule has 0 aromatic heterocycles. The summed E-state index contributed by atoms with van der Waals surface area (Å²) in [7, 11) is 1.80. The highest BCUT2D eigenvalue weighted by Crippen LogP contribution is 2.42. The molecule has 2 aliphatic carbocycles. The lowest BCUT2D eigenvalue weighted by atomic mass is 9.65. The molecule has 2 fully saturated rings. The van der Waals surface area contributed by atoms with Gasteiger partial charge in [0, 0.05) is 24.6 Å². The van der Waals surface area contributed by atoms with Crippen LogP contribution in [0.15, 0.2) is 24.3 Å². The van der Waals surface area contributed by atoms with Crippen molar-refractivity contribution in [3.05, 3.63) is 35.6 Å². The Morgan fingerprint density at radius 1 is 1.26 bits per heavy atom. The van der Waals surface area contributed by atoms with E-state index < -0.39 is 0 Å². The lowest BCUT2D eigenvalue weighted by Gasteiger charge is -2.44. The zero-order valence-corrected chi connectivity index (χ0v) is 14.0. The van der Waals surface area contributed by atoms with Gasteiger partial charge in [-0.25, -0.2) is 4.39 Å². The van der Waals surface area contributed by atoms with Crippen molar-refractivity contribution < 1.29 is 9.18 Å². The van der Waals surface area contributed by atoms with Gasteiger partial charge in [-0.05, 0) is 50.5 Å². The summed E-state index contributed by atoms with van der Waals surface area (Å²) in [6.45, 7) is 1.89. The Labute approximate surface area is 138 Å². The number of nitrogens with zero attached hydrogens (tertiary/aromatic N) is 1.